The molecule has 0 radical (unpaired) electrons. The molecule has 0 N–H and O–H groups in total. The summed E-state index contributed by atoms with van der Waals surface area (Å²) >= 11 is 0. The van der Waals surface area contributed by atoms with Gasteiger partial charge in [-0.3, -0.25) is 9.69 Å². The third-order valence-electron chi connectivity index (χ3n) is 3.83. The Morgan fingerprint density at radius 2 is 2.13 bits per heavy atom. The summed E-state index contributed by atoms with van der Waals surface area (Å²) in [4.78, 5) is 13.9. The molecule has 1 aliphatic rings. The lowest BCUT2D eigenvalue weighted by atomic mass is 10.1. The Bertz CT molecular complexity index is 658. The van der Waals surface area contributed by atoms with Gasteiger partial charge in [0.15, 0.2) is 9.84 Å². The molecule has 7 heteroatoms. The van der Waals surface area contributed by atoms with Gasteiger partial charge in [-0.25, -0.2) is 8.42 Å². The number of benzene rings is 1. The number of ether oxygens (including phenoxy) is 2. The zero-order valence-electron chi connectivity index (χ0n) is 13.7. The lowest BCUT2D eigenvalue weighted by molar-refractivity contribution is -0.144. The van der Waals surface area contributed by atoms with Gasteiger partial charge in [0, 0.05) is 19.2 Å². The van der Waals surface area contributed by atoms with Crippen LogP contribution in [0.15, 0.2) is 29.2 Å². The zero-order chi connectivity index (χ0) is 17.0. The number of likely N-dealkylation sites (N-methyl/N-ethyl adjacent to an activating group) is 1. The first kappa shape index (κ1) is 17.7. The highest BCUT2D eigenvalue weighted by Gasteiger charge is 2.34. The highest BCUT2D eigenvalue weighted by atomic mass is 32.2. The van der Waals surface area contributed by atoms with Crippen LogP contribution in [0.1, 0.15) is 19.8 Å². The molecule has 1 aromatic carbocycles. The molecular formula is C16H23NO5S. The number of hydrogen-bond acceptors (Lipinski definition) is 6. The van der Waals surface area contributed by atoms with Crippen LogP contribution in [0.25, 0.3) is 0 Å². The van der Waals surface area contributed by atoms with E-state index >= 15 is 0 Å². The average molecular weight is 341 g/mol. The van der Waals surface area contributed by atoms with Gasteiger partial charge in [0.25, 0.3) is 0 Å². The van der Waals surface area contributed by atoms with Gasteiger partial charge in [-0.15, -0.1) is 0 Å². The number of carbonyl (C=O) groups is 1. The lowest BCUT2D eigenvalue weighted by Gasteiger charge is -2.20. The van der Waals surface area contributed by atoms with Gasteiger partial charge in [0.1, 0.15) is 17.9 Å². The Labute approximate surface area is 137 Å². The molecular weight excluding hydrogens is 318 g/mol. The summed E-state index contributed by atoms with van der Waals surface area (Å²) in [6.45, 7) is 3.05. The second-order valence-electron chi connectivity index (χ2n) is 5.93. The predicted octanol–water partition coefficient (Wildman–Crippen LogP) is 1.49. The largest absolute Gasteiger partial charge is 0.494 e. The standard InChI is InChI=1S/C16H23NO5S/c1-12-10-15(16(18)22-12)17(2)8-5-9-21-13-6-4-7-14(11-13)23(3,19)20/h4,6-7,11-12,15H,5,8-10H2,1-3H3/t12-,15-/m0/s1. The van der Waals surface area contributed by atoms with E-state index in [1.165, 1.54) is 12.3 Å². The van der Waals surface area contributed by atoms with Gasteiger partial charge in [-0.05, 0) is 38.6 Å². The maximum Gasteiger partial charge on any atom is 0.323 e. The monoisotopic (exact) mass is 341 g/mol. The van der Waals surface area contributed by atoms with Gasteiger partial charge >= 0.3 is 5.97 Å². The van der Waals surface area contributed by atoms with E-state index in [1.807, 2.05) is 18.9 Å². The van der Waals surface area contributed by atoms with Crippen LogP contribution in [-0.2, 0) is 19.4 Å². The van der Waals surface area contributed by atoms with Crippen LogP contribution in [-0.4, -0.2) is 57.9 Å². The van der Waals surface area contributed by atoms with Crippen LogP contribution in [0.4, 0.5) is 0 Å². The minimum atomic E-state index is -3.23. The number of rotatable bonds is 7. The Morgan fingerprint density at radius 1 is 1.39 bits per heavy atom. The fourth-order valence-electron chi connectivity index (χ4n) is 2.55. The van der Waals surface area contributed by atoms with E-state index in [-0.39, 0.29) is 23.0 Å². The molecule has 6 nitrogen and oxygen atoms in total. The van der Waals surface area contributed by atoms with E-state index in [9.17, 15) is 13.2 Å². The fraction of sp³-hybridized carbons (Fsp3) is 0.562. The number of hydrogen-bond donors (Lipinski definition) is 0. The molecule has 1 heterocycles. The number of esters is 1. The smallest absolute Gasteiger partial charge is 0.323 e. The molecule has 0 aliphatic carbocycles. The average Bonchev–Trinajstić information content (AvgIpc) is 2.82. The molecule has 1 fully saturated rings. The summed E-state index contributed by atoms with van der Waals surface area (Å²) in [6, 6.07) is 6.28. The second-order valence-corrected chi connectivity index (χ2v) is 7.94. The molecule has 1 aromatic rings. The van der Waals surface area contributed by atoms with Gasteiger partial charge in [-0.1, -0.05) is 6.07 Å². The summed E-state index contributed by atoms with van der Waals surface area (Å²) < 4.78 is 33.7. The molecule has 2 atom stereocenters. The number of cyclic esters (lactones) is 1. The molecule has 128 valence electrons. The molecule has 0 bridgehead atoms. The molecule has 1 aliphatic heterocycles. The highest BCUT2D eigenvalue weighted by Crippen LogP contribution is 2.20. The maximum atomic E-state index is 11.7. The van der Waals surface area contributed by atoms with E-state index in [4.69, 9.17) is 9.47 Å². The molecule has 2 rings (SSSR count). The Morgan fingerprint density at radius 3 is 2.74 bits per heavy atom. The van der Waals surface area contributed by atoms with Crippen LogP contribution in [0, 0.1) is 0 Å². The first-order valence-corrected chi connectivity index (χ1v) is 9.50. The van der Waals surface area contributed by atoms with E-state index in [0.717, 1.165) is 6.42 Å². The summed E-state index contributed by atoms with van der Waals surface area (Å²) in [6.07, 6.45) is 2.59. The topological polar surface area (TPSA) is 72.9 Å². The third kappa shape index (κ3) is 4.94. The van der Waals surface area contributed by atoms with Crippen LogP contribution in [0.5, 0.6) is 5.75 Å². The fourth-order valence-corrected chi connectivity index (χ4v) is 3.21. The minimum Gasteiger partial charge on any atom is -0.494 e. The van der Waals surface area contributed by atoms with Gasteiger partial charge in [0.05, 0.1) is 11.5 Å². The van der Waals surface area contributed by atoms with Crippen molar-refractivity contribution in [1.82, 2.24) is 4.90 Å². The molecule has 0 aromatic heterocycles. The SMILES string of the molecule is C[C@H]1C[C@H](N(C)CCCOc2cccc(S(C)(=O)=O)c2)C(=O)O1. The Hall–Kier alpha value is -1.60. The van der Waals surface area contributed by atoms with Crippen molar-refractivity contribution in [3.8, 4) is 5.75 Å². The molecule has 0 unspecified atom stereocenters. The van der Waals surface area contributed by atoms with Crippen molar-refractivity contribution in [2.24, 2.45) is 0 Å². The first-order valence-electron chi connectivity index (χ1n) is 7.61. The minimum absolute atomic E-state index is 0.0232. The normalized spacial score (nSPS) is 21.5. The Balaban J connectivity index is 1.78. The summed E-state index contributed by atoms with van der Waals surface area (Å²) in [5.74, 6) is 0.367. The number of nitrogens with zero attached hydrogens (tertiary/aromatic N) is 1. The summed E-state index contributed by atoms with van der Waals surface area (Å²) in [5.41, 5.74) is 0. The number of sulfone groups is 1. The van der Waals surface area contributed by atoms with Crippen molar-refractivity contribution in [1.29, 1.82) is 0 Å². The van der Waals surface area contributed by atoms with E-state index in [0.29, 0.717) is 25.3 Å². The van der Waals surface area contributed by atoms with Crippen molar-refractivity contribution in [3.63, 3.8) is 0 Å². The second kappa shape index (κ2) is 7.31. The quantitative estimate of drug-likeness (QED) is 0.553. The molecule has 0 amide bonds. The number of carbonyl (C=O) groups excluding carboxylic acids is 1. The Kier molecular flexibility index (Phi) is 5.64. The highest BCUT2D eigenvalue weighted by molar-refractivity contribution is 7.90. The lowest BCUT2D eigenvalue weighted by Crippen LogP contribution is -2.36. The van der Waals surface area contributed by atoms with Crippen LogP contribution < -0.4 is 4.74 Å². The molecule has 23 heavy (non-hydrogen) atoms. The first-order chi connectivity index (χ1) is 10.8. The van der Waals surface area contributed by atoms with Crippen LogP contribution in [0.2, 0.25) is 0 Å². The van der Waals surface area contributed by atoms with Gasteiger partial charge in [0.2, 0.25) is 0 Å². The zero-order valence-corrected chi connectivity index (χ0v) is 14.5. The predicted molar refractivity (Wildman–Crippen MR) is 86.3 cm³/mol. The summed E-state index contributed by atoms with van der Waals surface area (Å²) in [5, 5.41) is 0. The molecule has 1 saturated heterocycles. The van der Waals surface area contributed by atoms with E-state index in [2.05, 4.69) is 0 Å². The maximum absolute atomic E-state index is 11.7. The molecule has 0 saturated carbocycles. The van der Waals surface area contributed by atoms with Crippen molar-refractivity contribution in [2.75, 3.05) is 26.5 Å². The van der Waals surface area contributed by atoms with Crippen LogP contribution in [0.3, 0.4) is 0 Å². The van der Waals surface area contributed by atoms with Crippen molar-refractivity contribution < 1.29 is 22.7 Å². The molecule has 0 spiro atoms. The van der Waals surface area contributed by atoms with Crippen molar-refractivity contribution in [2.45, 2.75) is 36.8 Å². The van der Waals surface area contributed by atoms with Crippen LogP contribution >= 0.6 is 0 Å². The third-order valence-corrected chi connectivity index (χ3v) is 4.94. The van der Waals surface area contributed by atoms with Crippen molar-refractivity contribution in [3.05, 3.63) is 24.3 Å². The van der Waals surface area contributed by atoms with E-state index < -0.39 is 9.84 Å². The summed E-state index contributed by atoms with van der Waals surface area (Å²) in [7, 11) is -1.33. The van der Waals surface area contributed by atoms with Gasteiger partial charge in [-0.2, -0.15) is 0 Å². The van der Waals surface area contributed by atoms with Crippen molar-refractivity contribution >= 4 is 15.8 Å². The van der Waals surface area contributed by atoms with E-state index in [1.54, 1.807) is 18.2 Å². The van der Waals surface area contributed by atoms with Gasteiger partial charge < -0.3 is 9.47 Å².